The van der Waals surface area contributed by atoms with E-state index in [1.165, 1.54) is 0 Å². The number of nitrogens with one attached hydrogen (secondary N) is 2. The molecule has 2 aromatic rings. The molecule has 84 valence electrons. The topological polar surface area (TPSA) is 163 Å². The fourth-order valence-electron chi connectivity index (χ4n) is 0.600. The van der Waals surface area contributed by atoms with Gasteiger partial charge in [0.1, 0.15) is 11.4 Å². The number of rotatable bonds is 2. The Balaban J connectivity index is 0.000000284. The minimum atomic E-state index is -1.32. The van der Waals surface area contributed by atoms with Crippen LogP contribution in [0.5, 0.6) is 0 Å². The normalized spacial score (nSPS) is 8.47. The second-order valence-corrected chi connectivity index (χ2v) is 2.29. The molecule has 0 aliphatic rings. The SMILES string of the molecule is O=C([O-])c1cn[nH]n1.O=C([O-])c1cn[nH]n1.[Zn+2]. The van der Waals surface area contributed by atoms with Crippen LogP contribution in [0.3, 0.4) is 0 Å². The summed E-state index contributed by atoms with van der Waals surface area (Å²) >= 11 is 0. The number of nitrogens with zero attached hydrogens (tertiary/aromatic N) is 4. The van der Waals surface area contributed by atoms with Gasteiger partial charge in [-0.15, -0.1) is 0 Å². The zero-order chi connectivity index (χ0) is 12.0. The van der Waals surface area contributed by atoms with E-state index in [0.717, 1.165) is 12.4 Å². The van der Waals surface area contributed by atoms with Crippen LogP contribution in [0.2, 0.25) is 0 Å². The molecule has 0 aliphatic carbocycles. The minimum Gasteiger partial charge on any atom is -0.543 e. The van der Waals surface area contributed by atoms with E-state index in [1.807, 2.05) is 0 Å². The second kappa shape index (κ2) is 7.17. The Kier molecular flexibility index (Phi) is 6.26. The predicted molar refractivity (Wildman–Crippen MR) is 41.4 cm³/mol. The Labute approximate surface area is 106 Å². The molecule has 17 heavy (non-hydrogen) atoms. The number of aromatic nitrogens is 6. The molecule has 0 aliphatic heterocycles. The number of H-pyrrole nitrogens is 2. The average Bonchev–Trinajstić information content (AvgIpc) is 2.93. The van der Waals surface area contributed by atoms with Crippen LogP contribution in [0.25, 0.3) is 0 Å². The van der Waals surface area contributed by atoms with Crippen LogP contribution in [0.4, 0.5) is 0 Å². The van der Waals surface area contributed by atoms with Crippen LogP contribution >= 0.6 is 0 Å². The molecule has 2 heterocycles. The van der Waals surface area contributed by atoms with Crippen LogP contribution in [0.15, 0.2) is 12.4 Å². The van der Waals surface area contributed by atoms with Gasteiger partial charge in [-0.3, -0.25) is 0 Å². The van der Waals surface area contributed by atoms with Gasteiger partial charge in [0.05, 0.1) is 24.3 Å². The number of hydrogen-bond acceptors (Lipinski definition) is 8. The van der Waals surface area contributed by atoms with E-state index in [0.29, 0.717) is 0 Å². The number of carboxylic acid groups (broad SMARTS) is 2. The van der Waals surface area contributed by atoms with E-state index < -0.39 is 11.9 Å². The van der Waals surface area contributed by atoms with E-state index in [4.69, 9.17) is 0 Å². The van der Waals surface area contributed by atoms with Crippen molar-refractivity contribution in [3.63, 3.8) is 0 Å². The maximum absolute atomic E-state index is 9.83. The molecule has 0 fully saturated rings. The molecule has 0 saturated heterocycles. The van der Waals surface area contributed by atoms with Crippen molar-refractivity contribution in [2.75, 3.05) is 0 Å². The molecule has 0 amide bonds. The zero-order valence-corrected chi connectivity index (χ0v) is 11.3. The summed E-state index contributed by atoms with van der Waals surface area (Å²) in [6.45, 7) is 0. The van der Waals surface area contributed by atoms with Gasteiger partial charge in [-0.25, -0.2) is 0 Å². The first-order valence-electron chi connectivity index (χ1n) is 3.75. The zero-order valence-electron chi connectivity index (χ0n) is 8.28. The first kappa shape index (κ1) is 14.8. The minimum absolute atomic E-state index is 0. The monoisotopic (exact) mass is 288 g/mol. The summed E-state index contributed by atoms with van der Waals surface area (Å²) in [5.74, 6) is -2.64. The molecular formula is C6H4N6O4Zn. The van der Waals surface area contributed by atoms with Crippen molar-refractivity contribution < 1.29 is 39.3 Å². The average molecular weight is 290 g/mol. The number of aromatic carboxylic acids is 2. The van der Waals surface area contributed by atoms with Crippen molar-refractivity contribution >= 4 is 11.9 Å². The van der Waals surface area contributed by atoms with E-state index >= 15 is 0 Å². The molecule has 10 nitrogen and oxygen atoms in total. The quantitative estimate of drug-likeness (QED) is 0.534. The maximum atomic E-state index is 9.83. The number of hydrogen-bond donors (Lipinski definition) is 2. The molecule has 2 rings (SSSR count). The van der Waals surface area contributed by atoms with Crippen molar-refractivity contribution in [2.45, 2.75) is 0 Å². The molecule has 0 spiro atoms. The van der Waals surface area contributed by atoms with Crippen molar-refractivity contribution in [2.24, 2.45) is 0 Å². The first-order chi connectivity index (χ1) is 7.61. The van der Waals surface area contributed by atoms with Gasteiger partial charge in [-0.1, -0.05) is 0 Å². The Bertz CT molecular complexity index is 411. The third kappa shape index (κ3) is 4.93. The van der Waals surface area contributed by atoms with E-state index in [2.05, 4.69) is 30.8 Å². The van der Waals surface area contributed by atoms with Gasteiger partial charge < -0.3 is 19.8 Å². The molecule has 0 saturated carbocycles. The van der Waals surface area contributed by atoms with Crippen LogP contribution in [0.1, 0.15) is 21.0 Å². The molecule has 0 radical (unpaired) electrons. The van der Waals surface area contributed by atoms with Crippen LogP contribution in [0, 0.1) is 0 Å². The molecule has 0 unspecified atom stereocenters. The summed E-state index contributed by atoms with van der Waals surface area (Å²) in [6, 6.07) is 0. The Morgan fingerprint density at radius 2 is 1.29 bits per heavy atom. The third-order valence-corrected chi connectivity index (χ3v) is 1.25. The van der Waals surface area contributed by atoms with E-state index in [1.54, 1.807) is 0 Å². The largest absolute Gasteiger partial charge is 2.00 e. The fraction of sp³-hybridized carbons (Fsp3) is 0. The number of aromatic amines is 2. The molecule has 0 aromatic carbocycles. The molecule has 0 atom stereocenters. The first-order valence-corrected chi connectivity index (χ1v) is 3.75. The number of carbonyl (C=O) groups is 2. The number of carbonyl (C=O) groups excluding carboxylic acids is 2. The summed E-state index contributed by atoms with van der Waals surface area (Å²) < 4.78 is 0. The van der Waals surface area contributed by atoms with Gasteiger partial charge in [0.25, 0.3) is 0 Å². The smallest absolute Gasteiger partial charge is 0.543 e. The standard InChI is InChI=1S/2C3H3N3O2.Zn/c2*7-3(8)2-1-4-6-5-2;/h2*1H,(H,7,8)(H,4,5,6);/q;;+2/p-2. The van der Waals surface area contributed by atoms with Gasteiger partial charge in [-0.05, 0) is 0 Å². The van der Waals surface area contributed by atoms with Crippen LogP contribution in [-0.2, 0) is 19.5 Å². The summed E-state index contributed by atoms with van der Waals surface area (Å²) in [7, 11) is 0. The molecule has 11 heteroatoms. The van der Waals surface area contributed by atoms with Crippen LogP contribution < -0.4 is 10.2 Å². The summed E-state index contributed by atoms with van der Waals surface area (Å²) in [5.41, 5.74) is -0.352. The molecule has 0 bridgehead atoms. The van der Waals surface area contributed by atoms with Gasteiger partial charge in [0.2, 0.25) is 0 Å². The van der Waals surface area contributed by atoms with Crippen LogP contribution in [-0.4, -0.2) is 42.8 Å². The Hall–Kier alpha value is -2.16. The predicted octanol–water partition coefficient (Wildman–Crippen LogP) is -3.67. The van der Waals surface area contributed by atoms with Crippen molar-refractivity contribution in [1.29, 1.82) is 0 Å². The Morgan fingerprint density at radius 3 is 1.41 bits per heavy atom. The van der Waals surface area contributed by atoms with Crippen molar-refractivity contribution in [3.05, 3.63) is 23.8 Å². The molecular weight excluding hydrogens is 285 g/mol. The van der Waals surface area contributed by atoms with Gasteiger partial charge in [-0.2, -0.15) is 30.8 Å². The van der Waals surface area contributed by atoms with Crippen molar-refractivity contribution in [1.82, 2.24) is 30.8 Å². The fourth-order valence-corrected chi connectivity index (χ4v) is 0.600. The summed E-state index contributed by atoms with van der Waals surface area (Å²) in [5, 5.41) is 36.8. The number of carboxylic acids is 2. The molecule has 2 N–H and O–H groups in total. The summed E-state index contributed by atoms with van der Waals surface area (Å²) in [6.07, 6.45) is 2.16. The molecule has 2 aromatic heterocycles. The van der Waals surface area contributed by atoms with Gasteiger partial charge in [0.15, 0.2) is 0 Å². The van der Waals surface area contributed by atoms with Crippen molar-refractivity contribution in [3.8, 4) is 0 Å². The Morgan fingerprint density at radius 1 is 0.941 bits per heavy atom. The van der Waals surface area contributed by atoms with Gasteiger partial charge in [0, 0.05) is 0 Å². The second-order valence-electron chi connectivity index (χ2n) is 2.29. The van der Waals surface area contributed by atoms with E-state index in [9.17, 15) is 19.8 Å². The van der Waals surface area contributed by atoms with Gasteiger partial charge >= 0.3 is 19.5 Å². The third-order valence-electron chi connectivity index (χ3n) is 1.25. The summed E-state index contributed by atoms with van der Waals surface area (Å²) in [4.78, 5) is 19.7. The maximum Gasteiger partial charge on any atom is 2.00 e. The van der Waals surface area contributed by atoms with E-state index in [-0.39, 0.29) is 30.9 Å².